The van der Waals surface area contributed by atoms with Gasteiger partial charge in [-0.1, -0.05) is 45.0 Å². The number of rotatable bonds is 6. The summed E-state index contributed by atoms with van der Waals surface area (Å²) in [7, 11) is 0. The van der Waals surface area contributed by atoms with Crippen molar-refractivity contribution in [1.82, 2.24) is 0 Å². The van der Waals surface area contributed by atoms with E-state index < -0.39 is 0 Å². The summed E-state index contributed by atoms with van der Waals surface area (Å²) in [6, 6.07) is 8.50. The Hall–Kier alpha value is -1.11. The van der Waals surface area contributed by atoms with Crippen molar-refractivity contribution in [2.75, 3.05) is 0 Å². The minimum absolute atomic E-state index is 0.103. The van der Waals surface area contributed by atoms with Crippen molar-refractivity contribution in [3.8, 4) is 0 Å². The molecule has 0 aliphatic rings. The third-order valence-electron chi connectivity index (χ3n) is 3.08. The molecule has 0 aliphatic heterocycles. The molecule has 0 fully saturated rings. The minimum Gasteiger partial charge on any atom is -0.299 e. The van der Waals surface area contributed by atoms with Crippen LogP contribution in [0, 0.1) is 0 Å². The molecule has 88 valence electrons. The maximum absolute atomic E-state index is 11.9. The largest absolute Gasteiger partial charge is 0.299 e. The highest BCUT2D eigenvalue weighted by Gasteiger charge is 2.17. The molecule has 0 saturated heterocycles. The van der Waals surface area contributed by atoms with Gasteiger partial charge in [0.2, 0.25) is 0 Å². The third-order valence-corrected chi connectivity index (χ3v) is 3.08. The lowest BCUT2D eigenvalue weighted by molar-refractivity contribution is -0.120. The molecule has 0 N–H and O–H groups in total. The normalized spacial score (nSPS) is 12.4. The highest BCUT2D eigenvalue weighted by molar-refractivity contribution is 5.85. The number of carbonyl (C=O) groups is 1. The van der Waals surface area contributed by atoms with Crippen LogP contribution in [-0.2, 0) is 11.2 Å². The van der Waals surface area contributed by atoms with Gasteiger partial charge in [0.25, 0.3) is 0 Å². The van der Waals surface area contributed by atoms with Gasteiger partial charge in [0.1, 0.15) is 5.78 Å². The van der Waals surface area contributed by atoms with E-state index in [0.29, 0.717) is 12.2 Å². The second-order valence-electron chi connectivity index (χ2n) is 4.27. The molecule has 16 heavy (non-hydrogen) atoms. The molecule has 0 aliphatic carbocycles. The summed E-state index contributed by atoms with van der Waals surface area (Å²) >= 11 is 0. The predicted octanol–water partition coefficient (Wildman–Crippen LogP) is 4.11. The SMILES string of the molecule is CCCC(=O)C(CC)c1ccc(CC)cc1. The van der Waals surface area contributed by atoms with E-state index in [-0.39, 0.29) is 5.92 Å². The van der Waals surface area contributed by atoms with Crippen LogP contribution in [0.5, 0.6) is 0 Å². The first kappa shape index (κ1) is 13.0. The molecule has 1 rings (SSSR count). The van der Waals surface area contributed by atoms with Crippen LogP contribution in [0.3, 0.4) is 0 Å². The Balaban J connectivity index is 2.82. The molecule has 0 radical (unpaired) electrons. The Bertz CT molecular complexity index is 324. The zero-order valence-electron chi connectivity index (χ0n) is 10.6. The van der Waals surface area contributed by atoms with Crippen molar-refractivity contribution in [2.24, 2.45) is 0 Å². The van der Waals surface area contributed by atoms with Crippen LogP contribution < -0.4 is 0 Å². The summed E-state index contributed by atoms with van der Waals surface area (Å²) in [6.45, 7) is 6.30. The van der Waals surface area contributed by atoms with Crippen LogP contribution in [0.1, 0.15) is 57.1 Å². The van der Waals surface area contributed by atoms with Crippen LogP contribution in [0.15, 0.2) is 24.3 Å². The number of hydrogen-bond donors (Lipinski definition) is 0. The molecule has 1 aromatic rings. The Labute approximate surface area is 98.9 Å². The number of carbonyl (C=O) groups excluding carboxylic acids is 1. The van der Waals surface area contributed by atoms with E-state index in [1.54, 1.807) is 0 Å². The van der Waals surface area contributed by atoms with Crippen molar-refractivity contribution in [2.45, 2.75) is 52.4 Å². The molecule has 1 atom stereocenters. The van der Waals surface area contributed by atoms with Gasteiger partial charge in [-0.25, -0.2) is 0 Å². The average molecular weight is 218 g/mol. The zero-order valence-corrected chi connectivity index (χ0v) is 10.6. The molecule has 1 heteroatoms. The molecular weight excluding hydrogens is 196 g/mol. The standard InChI is InChI=1S/C15H22O/c1-4-7-15(16)14(6-3)13-10-8-12(5-2)9-11-13/h8-11,14H,4-7H2,1-3H3. The maximum Gasteiger partial charge on any atom is 0.140 e. The Morgan fingerprint density at radius 2 is 1.75 bits per heavy atom. The summed E-state index contributed by atoms with van der Waals surface area (Å²) in [5.74, 6) is 0.486. The van der Waals surface area contributed by atoms with Crippen molar-refractivity contribution in [3.05, 3.63) is 35.4 Å². The predicted molar refractivity (Wildman–Crippen MR) is 68.8 cm³/mol. The topological polar surface area (TPSA) is 17.1 Å². The van der Waals surface area contributed by atoms with E-state index in [0.717, 1.165) is 19.3 Å². The first-order chi connectivity index (χ1) is 7.72. The number of Topliss-reactive ketones (excluding diaryl/α,β-unsaturated/α-hetero) is 1. The Kier molecular flexibility index (Phi) is 5.24. The van der Waals surface area contributed by atoms with Crippen molar-refractivity contribution >= 4 is 5.78 Å². The smallest absolute Gasteiger partial charge is 0.140 e. The fourth-order valence-corrected chi connectivity index (χ4v) is 2.06. The highest BCUT2D eigenvalue weighted by Crippen LogP contribution is 2.23. The van der Waals surface area contributed by atoms with Gasteiger partial charge in [-0.05, 0) is 30.4 Å². The lowest BCUT2D eigenvalue weighted by Gasteiger charge is -2.14. The molecule has 0 aromatic heterocycles. The monoisotopic (exact) mass is 218 g/mol. The number of benzene rings is 1. The Morgan fingerprint density at radius 3 is 2.19 bits per heavy atom. The highest BCUT2D eigenvalue weighted by atomic mass is 16.1. The quantitative estimate of drug-likeness (QED) is 0.702. The van der Waals surface area contributed by atoms with Crippen LogP contribution in [0.4, 0.5) is 0 Å². The van der Waals surface area contributed by atoms with E-state index >= 15 is 0 Å². The molecule has 0 bridgehead atoms. The van der Waals surface area contributed by atoms with Gasteiger partial charge in [0.05, 0.1) is 0 Å². The molecule has 0 saturated carbocycles. The van der Waals surface area contributed by atoms with E-state index in [4.69, 9.17) is 0 Å². The lowest BCUT2D eigenvalue weighted by atomic mass is 9.89. The van der Waals surface area contributed by atoms with Crippen LogP contribution in [0.25, 0.3) is 0 Å². The summed E-state index contributed by atoms with van der Waals surface area (Å²) in [5.41, 5.74) is 2.51. The summed E-state index contributed by atoms with van der Waals surface area (Å²) in [6.07, 6.45) is 3.61. The van der Waals surface area contributed by atoms with Crippen LogP contribution in [-0.4, -0.2) is 5.78 Å². The molecule has 0 spiro atoms. The van der Waals surface area contributed by atoms with E-state index in [2.05, 4.69) is 45.0 Å². The van der Waals surface area contributed by atoms with Crippen molar-refractivity contribution in [3.63, 3.8) is 0 Å². The van der Waals surface area contributed by atoms with Gasteiger partial charge < -0.3 is 0 Å². The average Bonchev–Trinajstić information content (AvgIpc) is 2.31. The summed E-state index contributed by atoms with van der Waals surface area (Å²) in [5, 5.41) is 0. The first-order valence-corrected chi connectivity index (χ1v) is 6.34. The van der Waals surface area contributed by atoms with Crippen molar-refractivity contribution in [1.29, 1.82) is 0 Å². The minimum atomic E-state index is 0.103. The fraction of sp³-hybridized carbons (Fsp3) is 0.533. The van der Waals surface area contributed by atoms with E-state index in [1.165, 1.54) is 11.1 Å². The van der Waals surface area contributed by atoms with Crippen LogP contribution >= 0.6 is 0 Å². The summed E-state index contributed by atoms with van der Waals surface area (Å²) < 4.78 is 0. The second kappa shape index (κ2) is 6.47. The van der Waals surface area contributed by atoms with E-state index in [1.807, 2.05) is 0 Å². The second-order valence-corrected chi connectivity index (χ2v) is 4.27. The maximum atomic E-state index is 11.9. The lowest BCUT2D eigenvalue weighted by Crippen LogP contribution is -2.11. The zero-order chi connectivity index (χ0) is 12.0. The van der Waals surface area contributed by atoms with Gasteiger partial charge in [-0.15, -0.1) is 0 Å². The number of ketones is 1. The van der Waals surface area contributed by atoms with Crippen LogP contribution in [0.2, 0.25) is 0 Å². The molecule has 1 nitrogen and oxygen atoms in total. The fourth-order valence-electron chi connectivity index (χ4n) is 2.06. The molecule has 0 amide bonds. The van der Waals surface area contributed by atoms with Gasteiger partial charge in [-0.2, -0.15) is 0 Å². The van der Waals surface area contributed by atoms with Crippen molar-refractivity contribution < 1.29 is 4.79 Å². The van der Waals surface area contributed by atoms with E-state index in [9.17, 15) is 4.79 Å². The first-order valence-electron chi connectivity index (χ1n) is 6.34. The summed E-state index contributed by atoms with van der Waals surface area (Å²) in [4.78, 5) is 11.9. The molecule has 1 aromatic carbocycles. The molecular formula is C15H22O. The molecule has 1 unspecified atom stereocenters. The van der Waals surface area contributed by atoms with Gasteiger partial charge in [0, 0.05) is 12.3 Å². The van der Waals surface area contributed by atoms with Gasteiger partial charge in [-0.3, -0.25) is 4.79 Å². The third kappa shape index (κ3) is 3.19. The molecule has 0 heterocycles. The number of hydrogen-bond acceptors (Lipinski definition) is 1. The van der Waals surface area contributed by atoms with Gasteiger partial charge in [0.15, 0.2) is 0 Å². The number of aryl methyl sites for hydroxylation is 1. The van der Waals surface area contributed by atoms with Gasteiger partial charge >= 0.3 is 0 Å². The Morgan fingerprint density at radius 1 is 1.12 bits per heavy atom.